The van der Waals surface area contributed by atoms with Crippen molar-refractivity contribution >= 4 is 36.6 Å². The van der Waals surface area contributed by atoms with Crippen LogP contribution < -0.4 is 15.5 Å². The van der Waals surface area contributed by atoms with Gasteiger partial charge in [-0.1, -0.05) is 0 Å². The van der Waals surface area contributed by atoms with Gasteiger partial charge in [0.05, 0.1) is 12.7 Å². The fourth-order valence-corrected chi connectivity index (χ4v) is 1.95. The first-order chi connectivity index (χ1) is 9.08. The van der Waals surface area contributed by atoms with Crippen LogP contribution in [0.3, 0.4) is 0 Å². The van der Waals surface area contributed by atoms with Gasteiger partial charge >= 0.3 is 0 Å². The summed E-state index contributed by atoms with van der Waals surface area (Å²) in [5.74, 6) is 1.62. The summed E-state index contributed by atoms with van der Waals surface area (Å²) in [6.07, 6.45) is 0.200. The number of rotatable bonds is 4. The van der Waals surface area contributed by atoms with Gasteiger partial charge < -0.3 is 20.3 Å². The van der Waals surface area contributed by atoms with Gasteiger partial charge in [0.2, 0.25) is 5.95 Å². The van der Waals surface area contributed by atoms with Gasteiger partial charge in [-0.15, -0.1) is 24.8 Å². The molecule has 1 unspecified atom stereocenters. The average Bonchev–Trinajstić information content (AvgIpc) is 2.41. The molecule has 1 fully saturated rings. The van der Waals surface area contributed by atoms with Gasteiger partial charge in [0.15, 0.2) is 0 Å². The molecule has 0 radical (unpaired) electrons. The molecule has 2 N–H and O–H groups in total. The lowest BCUT2D eigenvalue weighted by molar-refractivity contribution is 0.0372. The SMILES string of the molecule is Cc1nc(N(C)C)nc(NCC2CNCCO2)c1C.Cl.Cl. The number of nitrogens with one attached hydrogen (secondary N) is 2. The third kappa shape index (κ3) is 5.47. The Balaban J connectivity index is 0.00000200. The maximum atomic E-state index is 5.67. The molecule has 21 heavy (non-hydrogen) atoms. The first-order valence-electron chi connectivity index (χ1n) is 6.66. The van der Waals surface area contributed by atoms with Crippen LogP contribution in [0.2, 0.25) is 0 Å². The Morgan fingerprint density at radius 3 is 2.57 bits per heavy atom. The van der Waals surface area contributed by atoms with E-state index in [-0.39, 0.29) is 30.9 Å². The zero-order chi connectivity index (χ0) is 13.8. The lowest BCUT2D eigenvalue weighted by atomic mass is 10.2. The van der Waals surface area contributed by atoms with Crippen molar-refractivity contribution in [3.05, 3.63) is 11.3 Å². The Morgan fingerprint density at radius 1 is 1.29 bits per heavy atom. The minimum absolute atomic E-state index is 0. The van der Waals surface area contributed by atoms with E-state index in [1.807, 2.05) is 32.8 Å². The molecule has 0 bridgehead atoms. The van der Waals surface area contributed by atoms with Gasteiger partial charge in [0, 0.05) is 45.0 Å². The molecule has 0 spiro atoms. The number of aryl methyl sites for hydroxylation is 1. The molecule has 122 valence electrons. The molecule has 1 aliphatic heterocycles. The van der Waals surface area contributed by atoms with Crippen molar-refractivity contribution in [1.29, 1.82) is 0 Å². The third-order valence-corrected chi connectivity index (χ3v) is 3.28. The minimum atomic E-state index is 0. The van der Waals surface area contributed by atoms with Crippen LogP contribution in [-0.2, 0) is 4.74 Å². The van der Waals surface area contributed by atoms with Crippen LogP contribution in [0.1, 0.15) is 11.3 Å². The highest BCUT2D eigenvalue weighted by molar-refractivity contribution is 5.85. The van der Waals surface area contributed by atoms with E-state index in [4.69, 9.17) is 4.74 Å². The number of nitrogens with zero attached hydrogens (tertiary/aromatic N) is 3. The van der Waals surface area contributed by atoms with Gasteiger partial charge in [-0.05, 0) is 13.8 Å². The zero-order valence-electron chi connectivity index (χ0n) is 13.0. The molecule has 0 aromatic carbocycles. The normalized spacial score (nSPS) is 17.4. The summed E-state index contributed by atoms with van der Waals surface area (Å²) in [7, 11) is 3.89. The van der Waals surface area contributed by atoms with E-state index in [0.29, 0.717) is 0 Å². The molecule has 6 nitrogen and oxygen atoms in total. The molecule has 1 aromatic heterocycles. The van der Waals surface area contributed by atoms with Crippen LogP contribution in [0, 0.1) is 13.8 Å². The van der Waals surface area contributed by atoms with Crippen LogP contribution in [0.25, 0.3) is 0 Å². The van der Waals surface area contributed by atoms with Crippen molar-refractivity contribution in [2.75, 3.05) is 50.6 Å². The van der Waals surface area contributed by atoms with Crippen molar-refractivity contribution < 1.29 is 4.74 Å². The topological polar surface area (TPSA) is 62.3 Å². The van der Waals surface area contributed by atoms with E-state index in [1.54, 1.807) is 0 Å². The number of halogens is 2. The summed E-state index contributed by atoms with van der Waals surface area (Å²) in [6, 6.07) is 0. The fourth-order valence-electron chi connectivity index (χ4n) is 1.95. The maximum Gasteiger partial charge on any atom is 0.227 e. The van der Waals surface area contributed by atoms with Crippen LogP contribution >= 0.6 is 24.8 Å². The summed E-state index contributed by atoms with van der Waals surface area (Å²) in [5.41, 5.74) is 2.10. The Morgan fingerprint density at radius 2 is 2.00 bits per heavy atom. The van der Waals surface area contributed by atoms with Crippen LogP contribution in [-0.4, -0.2) is 56.4 Å². The van der Waals surface area contributed by atoms with Crippen LogP contribution in [0.15, 0.2) is 0 Å². The fraction of sp³-hybridized carbons (Fsp3) is 0.692. The summed E-state index contributed by atoms with van der Waals surface area (Å²) in [6.45, 7) is 7.41. The quantitative estimate of drug-likeness (QED) is 0.866. The predicted octanol–water partition coefficient (Wildman–Crippen LogP) is 1.40. The van der Waals surface area contributed by atoms with Gasteiger partial charge in [-0.2, -0.15) is 4.98 Å². The summed E-state index contributed by atoms with van der Waals surface area (Å²) >= 11 is 0. The molecule has 0 aliphatic carbocycles. The van der Waals surface area contributed by atoms with Gasteiger partial charge in [-0.25, -0.2) is 4.98 Å². The van der Waals surface area contributed by atoms with E-state index in [2.05, 4.69) is 20.6 Å². The number of morpholine rings is 1. The summed E-state index contributed by atoms with van der Waals surface area (Å²) in [5, 5.41) is 6.70. The van der Waals surface area contributed by atoms with Gasteiger partial charge in [-0.3, -0.25) is 0 Å². The van der Waals surface area contributed by atoms with E-state index >= 15 is 0 Å². The van der Waals surface area contributed by atoms with Crippen molar-refractivity contribution in [3.8, 4) is 0 Å². The highest BCUT2D eigenvalue weighted by atomic mass is 35.5. The Hall–Kier alpha value is -0.820. The molecule has 0 amide bonds. The second-order valence-electron chi connectivity index (χ2n) is 5.05. The van der Waals surface area contributed by atoms with Crippen molar-refractivity contribution in [2.45, 2.75) is 20.0 Å². The van der Waals surface area contributed by atoms with Crippen molar-refractivity contribution in [3.63, 3.8) is 0 Å². The lowest BCUT2D eigenvalue weighted by Gasteiger charge is -2.24. The van der Waals surface area contributed by atoms with Crippen LogP contribution in [0.4, 0.5) is 11.8 Å². The summed E-state index contributed by atoms with van der Waals surface area (Å²) in [4.78, 5) is 10.9. The highest BCUT2D eigenvalue weighted by Gasteiger charge is 2.15. The first kappa shape index (κ1) is 20.2. The van der Waals surface area contributed by atoms with Crippen LogP contribution in [0.5, 0.6) is 0 Å². The number of anilines is 2. The highest BCUT2D eigenvalue weighted by Crippen LogP contribution is 2.18. The largest absolute Gasteiger partial charge is 0.374 e. The monoisotopic (exact) mass is 337 g/mol. The van der Waals surface area contributed by atoms with E-state index in [0.717, 1.165) is 49.3 Å². The molecule has 2 heterocycles. The number of hydrogen-bond donors (Lipinski definition) is 2. The number of hydrogen-bond acceptors (Lipinski definition) is 6. The smallest absolute Gasteiger partial charge is 0.227 e. The molecule has 1 atom stereocenters. The molecule has 1 aromatic rings. The second kappa shape index (κ2) is 9.25. The maximum absolute atomic E-state index is 5.67. The molecular formula is C13H25Cl2N5O. The Bertz CT molecular complexity index is 439. The number of aromatic nitrogens is 2. The molecule has 8 heteroatoms. The van der Waals surface area contributed by atoms with Crippen molar-refractivity contribution in [1.82, 2.24) is 15.3 Å². The first-order valence-corrected chi connectivity index (χ1v) is 6.66. The molecule has 1 saturated heterocycles. The summed E-state index contributed by atoms with van der Waals surface area (Å²) < 4.78 is 5.67. The molecule has 1 aliphatic rings. The third-order valence-electron chi connectivity index (χ3n) is 3.28. The Kier molecular flexibility index (Phi) is 8.89. The standard InChI is InChI=1S/C13H23N5O.2ClH/c1-9-10(2)16-13(18(3)4)17-12(9)15-8-11-7-14-5-6-19-11;;/h11,14H,5-8H2,1-4H3,(H,15,16,17);2*1H. The van der Waals surface area contributed by atoms with Gasteiger partial charge in [0.25, 0.3) is 0 Å². The number of ether oxygens (including phenoxy) is 1. The second-order valence-corrected chi connectivity index (χ2v) is 5.05. The van der Waals surface area contributed by atoms with Gasteiger partial charge in [0.1, 0.15) is 5.82 Å². The molecule has 2 rings (SSSR count). The van der Waals surface area contributed by atoms with E-state index < -0.39 is 0 Å². The predicted molar refractivity (Wildman–Crippen MR) is 91.4 cm³/mol. The molecule has 0 saturated carbocycles. The lowest BCUT2D eigenvalue weighted by Crippen LogP contribution is -2.42. The molecular weight excluding hydrogens is 313 g/mol. The van der Waals surface area contributed by atoms with Crippen molar-refractivity contribution in [2.24, 2.45) is 0 Å². The minimum Gasteiger partial charge on any atom is -0.374 e. The van der Waals surface area contributed by atoms with E-state index in [9.17, 15) is 0 Å². The Labute approximate surface area is 138 Å². The average molecular weight is 338 g/mol. The zero-order valence-corrected chi connectivity index (χ0v) is 14.6. The van der Waals surface area contributed by atoms with E-state index in [1.165, 1.54) is 0 Å².